The van der Waals surface area contributed by atoms with E-state index in [1.165, 1.54) is 0 Å². The quantitative estimate of drug-likeness (QED) is 0.255. The molecular weight excluding hydrogens is 322 g/mol. The fraction of sp³-hybridized carbons (Fsp3) is 0.714. The molecule has 0 heterocycles. The van der Waals surface area contributed by atoms with Gasteiger partial charge in [0.1, 0.15) is 18.1 Å². The third kappa shape index (κ3) is 7.38. The number of carbonyl (C=O) groups excluding carboxylic acids is 2. The smallest absolute Gasteiger partial charge is 0.326 e. The van der Waals surface area contributed by atoms with E-state index in [9.17, 15) is 19.2 Å². The van der Waals surface area contributed by atoms with Crippen molar-refractivity contribution in [3.63, 3.8) is 0 Å². The molecule has 0 fully saturated rings. The van der Waals surface area contributed by atoms with E-state index in [0.29, 0.717) is 6.42 Å². The number of hydrogen-bond donors (Lipinski definition) is 6. The third-order valence-corrected chi connectivity index (χ3v) is 3.59. The molecule has 0 saturated heterocycles. The van der Waals surface area contributed by atoms with Gasteiger partial charge in [-0.3, -0.25) is 14.4 Å². The van der Waals surface area contributed by atoms with E-state index < -0.39 is 54.9 Å². The van der Waals surface area contributed by atoms with Crippen molar-refractivity contribution >= 4 is 23.8 Å². The molecule has 0 aliphatic carbocycles. The zero-order valence-electron chi connectivity index (χ0n) is 13.7. The molecule has 0 saturated carbocycles. The molecule has 0 radical (unpaired) electrons. The number of carboxylic acids is 2. The molecule has 10 nitrogen and oxygen atoms in total. The summed E-state index contributed by atoms with van der Waals surface area (Å²) in [7, 11) is 0. The van der Waals surface area contributed by atoms with Gasteiger partial charge in [0.25, 0.3) is 0 Å². The van der Waals surface area contributed by atoms with Crippen LogP contribution in [0.3, 0.4) is 0 Å². The van der Waals surface area contributed by atoms with Crippen molar-refractivity contribution in [3.05, 3.63) is 0 Å². The van der Waals surface area contributed by atoms with Gasteiger partial charge in [-0.1, -0.05) is 20.3 Å². The number of aliphatic hydroxyl groups is 1. The van der Waals surface area contributed by atoms with Crippen molar-refractivity contribution in [1.82, 2.24) is 10.6 Å². The molecule has 0 aliphatic rings. The Balaban J connectivity index is 5.05. The first-order chi connectivity index (χ1) is 11.1. The van der Waals surface area contributed by atoms with Gasteiger partial charge in [-0.2, -0.15) is 0 Å². The van der Waals surface area contributed by atoms with E-state index in [0.717, 1.165) is 0 Å². The van der Waals surface area contributed by atoms with Gasteiger partial charge < -0.3 is 31.7 Å². The van der Waals surface area contributed by atoms with Crippen LogP contribution in [-0.4, -0.2) is 63.8 Å². The summed E-state index contributed by atoms with van der Waals surface area (Å²) < 4.78 is 0. The Hall–Kier alpha value is -2.20. The predicted octanol–water partition coefficient (Wildman–Crippen LogP) is -1.73. The molecule has 0 aromatic rings. The maximum Gasteiger partial charge on any atom is 0.326 e. The summed E-state index contributed by atoms with van der Waals surface area (Å²) in [5, 5.41) is 31.2. The second kappa shape index (κ2) is 10.6. The van der Waals surface area contributed by atoms with E-state index in [1.807, 2.05) is 0 Å². The van der Waals surface area contributed by atoms with Crippen LogP contribution in [0.1, 0.15) is 33.1 Å². The minimum absolute atomic E-state index is 0.284. The van der Waals surface area contributed by atoms with Crippen LogP contribution in [0, 0.1) is 5.92 Å². The molecule has 2 amide bonds. The normalized spacial score (nSPS) is 15.7. The molecule has 0 aromatic heterocycles. The van der Waals surface area contributed by atoms with E-state index in [4.69, 9.17) is 21.1 Å². The summed E-state index contributed by atoms with van der Waals surface area (Å²) in [6.45, 7) is 2.86. The Morgan fingerprint density at radius 1 is 1.08 bits per heavy atom. The average molecular weight is 347 g/mol. The summed E-state index contributed by atoms with van der Waals surface area (Å²) >= 11 is 0. The number of hydrogen-bond acceptors (Lipinski definition) is 6. The molecule has 10 heteroatoms. The van der Waals surface area contributed by atoms with Gasteiger partial charge in [0.15, 0.2) is 0 Å². The lowest BCUT2D eigenvalue weighted by atomic mass is 9.97. The second-order valence-corrected chi connectivity index (χ2v) is 5.49. The monoisotopic (exact) mass is 347 g/mol. The lowest BCUT2D eigenvalue weighted by molar-refractivity contribution is -0.143. The van der Waals surface area contributed by atoms with Crippen LogP contribution in [0.5, 0.6) is 0 Å². The van der Waals surface area contributed by atoms with E-state index >= 15 is 0 Å². The van der Waals surface area contributed by atoms with Gasteiger partial charge in [-0.25, -0.2) is 4.79 Å². The van der Waals surface area contributed by atoms with Crippen LogP contribution >= 0.6 is 0 Å². The first-order valence-corrected chi connectivity index (χ1v) is 7.55. The van der Waals surface area contributed by atoms with E-state index in [-0.39, 0.29) is 12.3 Å². The van der Waals surface area contributed by atoms with Gasteiger partial charge in [0.2, 0.25) is 11.8 Å². The number of rotatable bonds is 11. The zero-order chi connectivity index (χ0) is 18.9. The van der Waals surface area contributed by atoms with Crippen molar-refractivity contribution in [3.8, 4) is 0 Å². The SMILES string of the molecule is CC[C@H](C)[C@H](NC(=O)[C@@H](N)CO)C(=O)N[C@@H](CCC(=O)O)C(=O)O. The number of nitrogens with one attached hydrogen (secondary N) is 2. The number of aliphatic carboxylic acids is 2. The molecule has 24 heavy (non-hydrogen) atoms. The highest BCUT2D eigenvalue weighted by Crippen LogP contribution is 2.09. The maximum absolute atomic E-state index is 12.3. The molecule has 4 atom stereocenters. The highest BCUT2D eigenvalue weighted by molar-refractivity contribution is 5.92. The number of nitrogens with two attached hydrogens (primary N) is 1. The van der Waals surface area contributed by atoms with Crippen LogP contribution < -0.4 is 16.4 Å². The number of carboxylic acid groups (broad SMARTS) is 2. The maximum atomic E-state index is 12.3. The van der Waals surface area contributed by atoms with Crippen molar-refractivity contribution in [1.29, 1.82) is 0 Å². The molecule has 0 unspecified atom stereocenters. The predicted molar refractivity (Wildman–Crippen MR) is 82.9 cm³/mol. The Kier molecular flexibility index (Phi) is 9.58. The summed E-state index contributed by atoms with van der Waals surface area (Å²) in [5.74, 6) is -4.37. The van der Waals surface area contributed by atoms with Gasteiger partial charge in [0, 0.05) is 6.42 Å². The van der Waals surface area contributed by atoms with Crippen LogP contribution in [0.15, 0.2) is 0 Å². The summed E-state index contributed by atoms with van der Waals surface area (Å²) in [6, 6.07) is -3.64. The minimum Gasteiger partial charge on any atom is -0.481 e. The molecule has 0 bridgehead atoms. The topological polar surface area (TPSA) is 179 Å². The minimum atomic E-state index is -1.39. The molecule has 138 valence electrons. The van der Waals surface area contributed by atoms with Crippen LogP contribution in [0.2, 0.25) is 0 Å². The van der Waals surface area contributed by atoms with Crippen molar-refractivity contribution < 1.29 is 34.5 Å². The van der Waals surface area contributed by atoms with Gasteiger partial charge in [-0.15, -0.1) is 0 Å². The van der Waals surface area contributed by atoms with Crippen molar-refractivity contribution in [2.24, 2.45) is 11.7 Å². The highest BCUT2D eigenvalue weighted by Gasteiger charge is 2.30. The largest absolute Gasteiger partial charge is 0.481 e. The Bertz CT molecular complexity index is 469. The first kappa shape index (κ1) is 21.8. The second-order valence-electron chi connectivity index (χ2n) is 5.49. The average Bonchev–Trinajstić information content (AvgIpc) is 2.53. The Morgan fingerprint density at radius 2 is 1.67 bits per heavy atom. The first-order valence-electron chi connectivity index (χ1n) is 7.55. The molecule has 7 N–H and O–H groups in total. The fourth-order valence-corrected chi connectivity index (χ4v) is 1.83. The summed E-state index contributed by atoms with van der Waals surface area (Å²) in [5.41, 5.74) is 5.38. The van der Waals surface area contributed by atoms with E-state index in [2.05, 4.69) is 10.6 Å². The van der Waals surface area contributed by atoms with Gasteiger partial charge in [0.05, 0.1) is 6.61 Å². The lowest BCUT2D eigenvalue weighted by Gasteiger charge is -2.26. The van der Waals surface area contributed by atoms with E-state index in [1.54, 1.807) is 13.8 Å². The number of aliphatic hydroxyl groups excluding tert-OH is 1. The Labute approximate surface area is 139 Å². The summed E-state index contributed by atoms with van der Waals surface area (Å²) in [4.78, 5) is 45.8. The van der Waals surface area contributed by atoms with Gasteiger partial charge in [-0.05, 0) is 12.3 Å². The van der Waals surface area contributed by atoms with Crippen LogP contribution in [0.25, 0.3) is 0 Å². The molecule has 0 spiro atoms. The van der Waals surface area contributed by atoms with Crippen molar-refractivity contribution in [2.75, 3.05) is 6.61 Å². The highest BCUT2D eigenvalue weighted by atomic mass is 16.4. The molecular formula is C14H25N3O7. The zero-order valence-corrected chi connectivity index (χ0v) is 13.7. The van der Waals surface area contributed by atoms with Gasteiger partial charge >= 0.3 is 11.9 Å². The van der Waals surface area contributed by atoms with Crippen LogP contribution in [0.4, 0.5) is 0 Å². The molecule has 0 rings (SSSR count). The summed E-state index contributed by atoms with van der Waals surface area (Å²) in [6.07, 6.45) is -0.194. The third-order valence-electron chi connectivity index (χ3n) is 3.59. The lowest BCUT2D eigenvalue weighted by Crippen LogP contribution is -2.57. The Morgan fingerprint density at radius 3 is 2.08 bits per heavy atom. The molecule has 0 aromatic carbocycles. The number of carbonyl (C=O) groups is 4. The van der Waals surface area contributed by atoms with Crippen molar-refractivity contribution in [2.45, 2.75) is 51.2 Å². The standard InChI is InChI=1S/C14H25N3O7/c1-3-7(2)11(17-12(21)8(15)6-18)13(22)16-9(14(23)24)4-5-10(19)20/h7-9,11,18H,3-6,15H2,1-2H3,(H,16,22)(H,17,21)(H,19,20)(H,23,24)/t7-,8-,9-,11-/m0/s1. The van der Waals surface area contributed by atoms with Crippen LogP contribution in [-0.2, 0) is 19.2 Å². The molecule has 0 aliphatic heterocycles. The fourth-order valence-electron chi connectivity index (χ4n) is 1.83. The number of amides is 2.